The van der Waals surface area contributed by atoms with Crippen LogP contribution in [0.25, 0.3) is 0 Å². The van der Waals surface area contributed by atoms with Crippen LogP contribution in [-0.2, 0) is 0 Å². The summed E-state index contributed by atoms with van der Waals surface area (Å²) in [6.45, 7) is 5.73. The predicted octanol–water partition coefficient (Wildman–Crippen LogP) is 5.31. The Balaban J connectivity index is 1.98. The summed E-state index contributed by atoms with van der Waals surface area (Å²) in [5.74, 6) is -0.251. The molecule has 2 aromatic rings. The average Bonchev–Trinajstić information content (AvgIpc) is 2.79. The lowest BCUT2D eigenvalue weighted by Crippen LogP contribution is -2.46. The molecule has 0 spiro atoms. The lowest BCUT2D eigenvalue weighted by Gasteiger charge is -2.29. The van der Waals surface area contributed by atoms with Gasteiger partial charge >= 0.3 is 0 Å². The third-order valence-corrected chi connectivity index (χ3v) is 5.15. The fourth-order valence-corrected chi connectivity index (χ4v) is 3.49. The van der Waals surface area contributed by atoms with Gasteiger partial charge < -0.3 is 0 Å². The van der Waals surface area contributed by atoms with Crippen LogP contribution in [0.5, 0.6) is 0 Å². The number of aliphatic imine (C=N–C) groups is 1. The molecule has 0 atom stereocenters. The molecule has 3 rings (SSSR count). The van der Waals surface area contributed by atoms with Crippen LogP contribution in [0, 0.1) is 6.92 Å². The lowest BCUT2D eigenvalue weighted by molar-refractivity contribution is 0.0758. The number of hydrogen-bond acceptors (Lipinski definition) is 3. The number of thiocarbonyl (C=S) groups is 1. The number of rotatable bonds is 2. The molecule has 0 aliphatic carbocycles. The number of aryl methyl sites for hydroxylation is 1. The van der Waals surface area contributed by atoms with Crippen LogP contribution in [0.15, 0.2) is 47.5 Å². The molecule has 25 heavy (non-hydrogen) atoms. The van der Waals surface area contributed by atoms with Crippen molar-refractivity contribution in [1.29, 1.82) is 0 Å². The van der Waals surface area contributed by atoms with Gasteiger partial charge in [0.1, 0.15) is 16.4 Å². The monoisotopic (exact) mass is 390 g/mol. The van der Waals surface area contributed by atoms with Crippen molar-refractivity contribution in [2.75, 3.05) is 0 Å². The maximum atomic E-state index is 13.0. The number of amides is 1. The summed E-state index contributed by atoms with van der Waals surface area (Å²) in [6.07, 6.45) is 0. The minimum Gasteiger partial charge on any atom is -0.272 e. The first-order valence-electron chi connectivity index (χ1n) is 7.71. The van der Waals surface area contributed by atoms with E-state index in [2.05, 4.69) is 0 Å². The summed E-state index contributed by atoms with van der Waals surface area (Å²) in [6, 6.07) is 12.7. The third-order valence-electron chi connectivity index (χ3n) is 4.03. The molecule has 1 heterocycles. The van der Waals surface area contributed by atoms with E-state index in [-0.39, 0.29) is 5.91 Å². The summed E-state index contributed by atoms with van der Waals surface area (Å²) in [4.78, 5) is 19.7. The van der Waals surface area contributed by atoms with Crippen LogP contribution in [0.4, 0.5) is 0 Å². The van der Waals surface area contributed by atoms with Crippen LogP contribution in [0.2, 0.25) is 10.0 Å². The number of hydrogen-bond donors (Lipinski definition) is 0. The Morgan fingerprint density at radius 2 is 1.72 bits per heavy atom. The van der Waals surface area contributed by atoms with Crippen molar-refractivity contribution in [2.45, 2.75) is 26.4 Å². The molecule has 128 valence electrons. The van der Waals surface area contributed by atoms with Crippen molar-refractivity contribution in [3.63, 3.8) is 0 Å². The van der Waals surface area contributed by atoms with E-state index in [0.717, 1.165) is 11.1 Å². The summed E-state index contributed by atoms with van der Waals surface area (Å²) >= 11 is 17.6. The summed E-state index contributed by atoms with van der Waals surface area (Å²) < 4.78 is 0. The van der Waals surface area contributed by atoms with E-state index in [1.54, 1.807) is 18.2 Å². The van der Waals surface area contributed by atoms with Crippen molar-refractivity contribution in [3.05, 3.63) is 69.2 Å². The van der Waals surface area contributed by atoms with Gasteiger partial charge in [0, 0.05) is 11.1 Å². The highest BCUT2D eigenvalue weighted by Crippen LogP contribution is 2.31. The van der Waals surface area contributed by atoms with Gasteiger partial charge in [-0.15, -0.1) is 0 Å². The molecule has 1 aliphatic heterocycles. The maximum Gasteiger partial charge on any atom is 0.261 e. The first-order valence-corrected chi connectivity index (χ1v) is 8.88. The Hall–Kier alpha value is -1.75. The molecule has 1 amide bonds. The topological polar surface area (TPSA) is 32.7 Å². The molecule has 0 aromatic heterocycles. The predicted molar refractivity (Wildman–Crippen MR) is 107 cm³/mol. The highest BCUT2D eigenvalue weighted by atomic mass is 35.5. The van der Waals surface area contributed by atoms with Crippen molar-refractivity contribution >= 4 is 52.0 Å². The molecule has 1 aliphatic rings. The molecule has 6 heteroatoms. The third kappa shape index (κ3) is 3.34. The van der Waals surface area contributed by atoms with Crippen LogP contribution < -0.4 is 0 Å². The molecule has 0 unspecified atom stereocenters. The summed E-state index contributed by atoms with van der Waals surface area (Å²) in [5, 5.41) is 0.730. The largest absolute Gasteiger partial charge is 0.272 e. The minimum absolute atomic E-state index is 0.251. The summed E-state index contributed by atoms with van der Waals surface area (Å²) in [7, 11) is 0. The van der Waals surface area contributed by atoms with E-state index in [0.29, 0.717) is 26.3 Å². The Bertz CT molecular complexity index is 904. The van der Waals surface area contributed by atoms with Gasteiger partial charge in [-0.3, -0.25) is 14.7 Å². The fourth-order valence-electron chi connectivity index (χ4n) is 2.72. The molecule has 3 nitrogen and oxygen atoms in total. The normalized spacial score (nSPS) is 16.1. The average molecular weight is 391 g/mol. The maximum absolute atomic E-state index is 13.0. The Morgan fingerprint density at radius 1 is 1.08 bits per heavy atom. The molecular weight excluding hydrogens is 375 g/mol. The van der Waals surface area contributed by atoms with Crippen molar-refractivity contribution in [3.8, 4) is 0 Å². The van der Waals surface area contributed by atoms with Gasteiger partial charge in [0.05, 0.1) is 10.0 Å². The Morgan fingerprint density at radius 3 is 2.32 bits per heavy atom. The second-order valence-electron chi connectivity index (χ2n) is 6.40. The van der Waals surface area contributed by atoms with Gasteiger partial charge in [-0.05, 0) is 39.0 Å². The SMILES string of the molecule is Cc1ccc(C2=NC(C)(C)N(C(=O)c3ccc(Cl)c(Cl)c3)C2=S)cc1. The number of carbonyl (C=O) groups is 1. The Kier molecular flexibility index (Phi) is 4.71. The van der Waals surface area contributed by atoms with E-state index in [1.807, 2.05) is 45.0 Å². The molecule has 0 bridgehead atoms. The second-order valence-corrected chi connectivity index (χ2v) is 7.60. The van der Waals surface area contributed by atoms with E-state index < -0.39 is 5.66 Å². The number of benzene rings is 2. The van der Waals surface area contributed by atoms with Gasteiger partial charge in [0.15, 0.2) is 0 Å². The number of carbonyl (C=O) groups excluding carboxylic acids is 1. The molecule has 0 radical (unpaired) electrons. The standard InChI is InChI=1S/C19H16Cl2N2OS/c1-11-4-6-12(7-5-11)16-18(25)23(19(2,3)22-16)17(24)13-8-9-14(20)15(21)10-13/h4-10H,1-3H3. The van der Waals surface area contributed by atoms with Gasteiger partial charge in [-0.1, -0.05) is 65.2 Å². The first-order chi connectivity index (χ1) is 11.7. The zero-order chi connectivity index (χ0) is 18.4. The Labute approximate surface area is 162 Å². The molecule has 2 aromatic carbocycles. The lowest BCUT2D eigenvalue weighted by atomic mass is 10.1. The molecular formula is C19H16Cl2N2OS. The quantitative estimate of drug-likeness (QED) is 0.650. The van der Waals surface area contributed by atoms with Crippen molar-refractivity contribution in [1.82, 2.24) is 4.90 Å². The summed E-state index contributed by atoms with van der Waals surface area (Å²) in [5.41, 5.74) is 2.34. The highest BCUT2D eigenvalue weighted by Gasteiger charge is 2.42. The smallest absolute Gasteiger partial charge is 0.261 e. The van der Waals surface area contributed by atoms with E-state index in [9.17, 15) is 4.79 Å². The number of nitrogens with zero attached hydrogens (tertiary/aromatic N) is 2. The fraction of sp³-hybridized carbons (Fsp3) is 0.211. The molecule has 0 N–H and O–H groups in total. The zero-order valence-electron chi connectivity index (χ0n) is 14.0. The number of halogens is 2. The van der Waals surface area contributed by atoms with Crippen LogP contribution in [0.3, 0.4) is 0 Å². The van der Waals surface area contributed by atoms with E-state index in [1.165, 1.54) is 4.90 Å². The van der Waals surface area contributed by atoms with Crippen molar-refractivity contribution in [2.24, 2.45) is 4.99 Å². The molecule has 0 fully saturated rings. The van der Waals surface area contributed by atoms with Crippen molar-refractivity contribution < 1.29 is 4.79 Å². The van der Waals surface area contributed by atoms with Crippen LogP contribution >= 0.6 is 35.4 Å². The van der Waals surface area contributed by atoms with E-state index in [4.69, 9.17) is 40.4 Å². The molecule has 0 saturated carbocycles. The van der Waals surface area contributed by atoms with Gasteiger partial charge in [0.2, 0.25) is 0 Å². The van der Waals surface area contributed by atoms with Gasteiger partial charge in [-0.2, -0.15) is 0 Å². The second kappa shape index (κ2) is 6.52. The molecule has 0 saturated heterocycles. The first kappa shape index (κ1) is 18.1. The zero-order valence-corrected chi connectivity index (χ0v) is 16.3. The van der Waals surface area contributed by atoms with Gasteiger partial charge in [-0.25, -0.2) is 0 Å². The minimum atomic E-state index is -0.777. The highest BCUT2D eigenvalue weighted by molar-refractivity contribution is 7.82. The van der Waals surface area contributed by atoms with Gasteiger partial charge in [0.25, 0.3) is 5.91 Å². The van der Waals surface area contributed by atoms with Crippen LogP contribution in [-0.4, -0.2) is 27.2 Å². The van der Waals surface area contributed by atoms with E-state index >= 15 is 0 Å². The van der Waals surface area contributed by atoms with Crippen LogP contribution in [0.1, 0.15) is 35.3 Å².